The standard InChI is InChI=1S/C12H19N5OS/c1-8-7-9(2)17(16-8)6-5-11(18)14-15-12(19)13-10-3-4-10/h7,10H,3-6H2,1-2H3,(H,14,18)(H2,13,15,19). The van der Waals surface area contributed by atoms with Crippen LogP contribution in [0, 0.1) is 13.8 Å². The molecule has 1 aliphatic rings. The molecule has 19 heavy (non-hydrogen) atoms. The Hall–Kier alpha value is -1.63. The highest BCUT2D eigenvalue weighted by molar-refractivity contribution is 7.80. The zero-order valence-electron chi connectivity index (χ0n) is 11.2. The molecular weight excluding hydrogens is 262 g/mol. The average molecular weight is 281 g/mol. The maximum Gasteiger partial charge on any atom is 0.240 e. The van der Waals surface area contributed by atoms with Gasteiger partial charge in [0, 0.05) is 18.2 Å². The molecule has 104 valence electrons. The Morgan fingerprint density at radius 1 is 1.47 bits per heavy atom. The van der Waals surface area contributed by atoms with Crippen molar-refractivity contribution in [1.29, 1.82) is 0 Å². The Morgan fingerprint density at radius 2 is 2.21 bits per heavy atom. The molecule has 6 nitrogen and oxygen atoms in total. The molecule has 1 amide bonds. The molecule has 1 aromatic rings. The molecule has 0 spiro atoms. The summed E-state index contributed by atoms with van der Waals surface area (Å²) in [5.41, 5.74) is 7.30. The lowest BCUT2D eigenvalue weighted by Crippen LogP contribution is -2.47. The zero-order valence-corrected chi connectivity index (χ0v) is 12.0. The summed E-state index contributed by atoms with van der Waals surface area (Å²) in [6.07, 6.45) is 2.66. The van der Waals surface area contributed by atoms with E-state index in [1.54, 1.807) is 0 Å². The predicted molar refractivity (Wildman–Crippen MR) is 76.4 cm³/mol. The van der Waals surface area contributed by atoms with Gasteiger partial charge in [0.25, 0.3) is 0 Å². The minimum atomic E-state index is -0.104. The van der Waals surface area contributed by atoms with Crippen LogP contribution in [0.3, 0.4) is 0 Å². The lowest BCUT2D eigenvalue weighted by atomic mass is 10.4. The molecule has 1 heterocycles. The molecule has 0 aromatic carbocycles. The topological polar surface area (TPSA) is 71.0 Å². The normalized spacial score (nSPS) is 14.0. The summed E-state index contributed by atoms with van der Waals surface area (Å²) in [6.45, 7) is 4.48. The lowest BCUT2D eigenvalue weighted by molar-refractivity contribution is -0.121. The number of hydrazine groups is 1. The molecule has 0 unspecified atom stereocenters. The minimum absolute atomic E-state index is 0.104. The number of rotatable bonds is 4. The smallest absolute Gasteiger partial charge is 0.240 e. The van der Waals surface area contributed by atoms with Crippen LogP contribution >= 0.6 is 12.2 Å². The van der Waals surface area contributed by atoms with Gasteiger partial charge in [0.05, 0.1) is 12.2 Å². The molecule has 0 atom stereocenters. The summed E-state index contributed by atoms with van der Waals surface area (Å²) in [7, 11) is 0. The Labute approximate surface area is 117 Å². The highest BCUT2D eigenvalue weighted by atomic mass is 32.1. The van der Waals surface area contributed by atoms with Crippen LogP contribution in [0.4, 0.5) is 0 Å². The Balaban J connectivity index is 1.66. The molecule has 1 saturated carbocycles. The number of hydrogen-bond donors (Lipinski definition) is 3. The van der Waals surface area contributed by atoms with E-state index in [0.29, 0.717) is 24.1 Å². The summed E-state index contributed by atoms with van der Waals surface area (Å²) < 4.78 is 1.83. The second kappa shape index (κ2) is 6.01. The highest BCUT2D eigenvalue weighted by Gasteiger charge is 2.21. The van der Waals surface area contributed by atoms with Gasteiger partial charge in [-0.15, -0.1) is 0 Å². The number of thiocarbonyl (C=S) groups is 1. The van der Waals surface area contributed by atoms with Crippen molar-refractivity contribution in [2.75, 3.05) is 0 Å². The molecule has 0 saturated heterocycles. The van der Waals surface area contributed by atoms with Gasteiger partial charge in [0.1, 0.15) is 0 Å². The molecule has 0 aliphatic heterocycles. The van der Waals surface area contributed by atoms with E-state index in [4.69, 9.17) is 12.2 Å². The van der Waals surface area contributed by atoms with Crippen LogP contribution < -0.4 is 16.2 Å². The predicted octanol–water partition coefficient (Wildman–Crippen LogP) is 0.548. The van der Waals surface area contributed by atoms with Crippen molar-refractivity contribution >= 4 is 23.2 Å². The number of nitrogens with one attached hydrogen (secondary N) is 3. The van der Waals surface area contributed by atoms with Crippen LogP contribution in [-0.2, 0) is 11.3 Å². The van der Waals surface area contributed by atoms with Crippen LogP contribution in [0.25, 0.3) is 0 Å². The Bertz CT molecular complexity index is 480. The first-order valence-electron chi connectivity index (χ1n) is 6.41. The van der Waals surface area contributed by atoms with Gasteiger partial charge in [0.15, 0.2) is 5.11 Å². The van der Waals surface area contributed by atoms with Crippen LogP contribution in [0.15, 0.2) is 6.07 Å². The second-order valence-corrected chi connectivity index (χ2v) is 5.23. The minimum Gasteiger partial charge on any atom is -0.359 e. The van der Waals surface area contributed by atoms with Gasteiger partial charge < -0.3 is 5.32 Å². The largest absolute Gasteiger partial charge is 0.359 e. The van der Waals surface area contributed by atoms with Gasteiger partial charge in [-0.25, -0.2) is 0 Å². The van der Waals surface area contributed by atoms with E-state index in [-0.39, 0.29) is 5.91 Å². The molecule has 3 N–H and O–H groups in total. The van der Waals surface area contributed by atoms with Crippen LogP contribution in [-0.4, -0.2) is 26.8 Å². The van der Waals surface area contributed by atoms with E-state index < -0.39 is 0 Å². The van der Waals surface area contributed by atoms with Gasteiger partial charge in [0.2, 0.25) is 5.91 Å². The van der Waals surface area contributed by atoms with Gasteiger partial charge in [-0.3, -0.25) is 20.3 Å². The first-order chi connectivity index (χ1) is 9.04. The molecular formula is C12H19N5OS. The fraction of sp³-hybridized carbons (Fsp3) is 0.583. The molecule has 0 radical (unpaired) electrons. The fourth-order valence-corrected chi connectivity index (χ4v) is 1.96. The first kappa shape index (κ1) is 13.8. The van der Waals surface area contributed by atoms with Crippen LogP contribution in [0.5, 0.6) is 0 Å². The van der Waals surface area contributed by atoms with Gasteiger partial charge in [-0.05, 0) is 45.0 Å². The lowest BCUT2D eigenvalue weighted by Gasteiger charge is -2.11. The Morgan fingerprint density at radius 3 is 2.79 bits per heavy atom. The Kier molecular flexibility index (Phi) is 4.36. The molecule has 2 rings (SSSR count). The molecule has 1 aromatic heterocycles. The highest BCUT2D eigenvalue weighted by Crippen LogP contribution is 2.18. The van der Waals surface area contributed by atoms with E-state index in [1.165, 1.54) is 0 Å². The van der Waals surface area contributed by atoms with Crippen molar-refractivity contribution in [3.05, 3.63) is 17.5 Å². The third-order valence-corrected chi connectivity index (χ3v) is 3.10. The quantitative estimate of drug-likeness (QED) is 0.555. The van der Waals surface area contributed by atoms with Gasteiger partial charge >= 0.3 is 0 Å². The third kappa shape index (κ3) is 4.51. The summed E-state index contributed by atoms with van der Waals surface area (Å²) in [5.74, 6) is -0.104. The summed E-state index contributed by atoms with van der Waals surface area (Å²) in [4.78, 5) is 11.6. The first-order valence-corrected chi connectivity index (χ1v) is 6.82. The fourth-order valence-electron chi connectivity index (χ4n) is 1.75. The van der Waals surface area contributed by atoms with E-state index >= 15 is 0 Å². The summed E-state index contributed by atoms with van der Waals surface area (Å²) in [5, 5.41) is 7.86. The monoisotopic (exact) mass is 281 g/mol. The average Bonchev–Trinajstić information content (AvgIpc) is 3.09. The molecule has 1 aliphatic carbocycles. The van der Waals surface area contributed by atoms with Crippen molar-refractivity contribution in [3.8, 4) is 0 Å². The number of amides is 1. The third-order valence-electron chi connectivity index (χ3n) is 2.88. The summed E-state index contributed by atoms with van der Waals surface area (Å²) >= 11 is 5.04. The van der Waals surface area contributed by atoms with Crippen molar-refractivity contribution in [1.82, 2.24) is 25.9 Å². The molecule has 0 bridgehead atoms. The van der Waals surface area contributed by atoms with Gasteiger partial charge in [-0.1, -0.05) is 0 Å². The van der Waals surface area contributed by atoms with Crippen molar-refractivity contribution in [2.24, 2.45) is 0 Å². The SMILES string of the molecule is Cc1cc(C)n(CCC(=O)NNC(=S)NC2CC2)n1. The van der Waals surface area contributed by atoms with E-state index in [1.807, 2.05) is 24.6 Å². The van der Waals surface area contributed by atoms with Crippen LogP contribution in [0.2, 0.25) is 0 Å². The number of aryl methyl sites for hydroxylation is 3. The maximum atomic E-state index is 11.6. The van der Waals surface area contributed by atoms with Crippen molar-refractivity contribution < 1.29 is 4.79 Å². The van der Waals surface area contributed by atoms with Crippen LogP contribution in [0.1, 0.15) is 30.7 Å². The van der Waals surface area contributed by atoms with E-state index in [9.17, 15) is 4.79 Å². The number of nitrogens with zero attached hydrogens (tertiary/aromatic N) is 2. The van der Waals surface area contributed by atoms with Crippen molar-refractivity contribution in [3.63, 3.8) is 0 Å². The number of carbonyl (C=O) groups excluding carboxylic acids is 1. The number of aromatic nitrogens is 2. The molecule has 1 fully saturated rings. The number of carbonyl (C=O) groups is 1. The number of hydrogen-bond acceptors (Lipinski definition) is 3. The van der Waals surface area contributed by atoms with E-state index in [2.05, 4.69) is 21.3 Å². The van der Waals surface area contributed by atoms with E-state index in [0.717, 1.165) is 24.2 Å². The van der Waals surface area contributed by atoms with Gasteiger partial charge in [-0.2, -0.15) is 5.10 Å². The maximum absolute atomic E-state index is 11.6. The second-order valence-electron chi connectivity index (χ2n) is 4.82. The van der Waals surface area contributed by atoms with Crippen molar-refractivity contribution in [2.45, 2.75) is 45.7 Å². The summed E-state index contributed by atoms with van der Waals surface area (Å²) in [6, 6.07) is 2.47. The molecule has 7 heteroatoms. The zero-order chi connectivity index (χ0) is 13.8.